The van der Waals surface area contributed by atoms with Crippen LogP contribution < -0.4 is 5.32 Å². The Morgan fingerprint density at radius 1 is 1.47 bits per heavy atom. The van der Waals surface area contributed by atoms with E-state index in [1.165, 1.54) is 12.0 Å². The molecular weight excluding hydrogens is 206 g/mol. The van der Waals surface area contributed by atoms with Gasteiger partial charge in [-0.15, -0.1) is 11.8 Å². The molecular formula is C12H17NOS. The fourth-order valence-corrected chi connectivity index (χ4v) is 2.65. The number of thioether (sulfide) groups is 1. The van der Waals surface area contributed by atoms with E-state index in [0.717, 1.165) is 17.9 Å². The van der Waals surface area contributed by atoms with E-state index >= 15 is 0 Å². The third-order valence-corrected chi connectivity index (χ3v) is 3.97. The lowest BCUT2D eigenvalue weighted by atomic mass is 9.90. The molecule has 0 aliphatic carbocycles. The van der Waals surface area contributed by atoms with Crippen LogP contribution in [0.25, 0.3) is 0 Å². The van der Waals surface area contributed by atoms with Crippen molar-refractivity contribution in [1.29, 1.82) is 0 Å². The molecule has 3 heteroatoms. The van der Waals surface area contributed by atoms with E-state index in [4.69, 9.17) is 0 Å². The first-order chi connectivity index (χ1) is 7.15. The Kier molecular flexibility index (Phi) is 2.94. The van der Waals surface area contributed by atoms with Crippen molar-refractivity contribution in [2.24, 2.45) is 0 Å². The minimum Gasteiger partial charge on any atom is -0.507 e. The summed E-state index contributed by atoms with van der Waals surface area (Å²) < 4.78 is 0. The van der Waals surface area contributed by atoms with Gasteiger partial charge >= 0.3 is 0 Å². The number of phenols is 1. The molecule has 0 spiro atoms. The Bertz CT molecular complexity index is 359. The lowest BCUT2D eigenvalue weighted by molar-refractivity contribution is 0.423. The molecule has 0 radical (unpaired) electrons. The average molecular weight is 223 g/mol. The second-order valence-electron chi connectivity index (χ2n) is 4.25. The summed E-state index contributed by atoms with van der Waals surface area (Å²) in [6.07, 6.45) is 4.33. The Labute approximate surface area is 95.1 Å². The van der Waals surface area contributed by atoms with Crippen LogP contribution in [-0.4, -0.2) is 17.9 Å². The number of benzene rings is 1. The van der Waals surface area contributed by atoms with E-state index in [9.17, 15) is 5.11 Å². The molecule has 1 aromatic carbocycles. The number of rotatable bonds is 2. The zero-order valence-electron chi connectivity index (χ0n) is 9.21. The van der Waals surface area contributed by atoms with Crippen molar-refractivity contribution in [2.75, 3.05) is 12.8 Å². The molecule has 15 heavy (non-hydrogen) atoms. The second kappa shape index (κ2) is 4.06. The largest absolute Gasteiger partial charge is 0.507 e. The van der Waals surface area contributed by atoms with Gasteiger partial charge in [0.2, 0.25) is 0 Å². The molecule has 1 aromatic rings. The van der Waals surface area contributed by atoms with Gasteiger partial charge in [-0.1, -0.05) is 6.07 Å². The Morgan fingerprint density at radius 3 is 2.80 bits per heavy atom. The van der Waals surface area contributed by atoms with Crippen LogP contribution in [0.3, 0.4) is 0 Å². The summed E-state index contributed by atoms with van der Waals surface area (Å²) in [5.74, 6) is 0.398. The monoisotopic (exact) mass is 223 g/mol. The maximum Gasteiger partial charge on any atom is 0.129 e. The van der Waals surface area contributed by atoms with Gasteiger partial charge in [0.1, 0.15) is 5.75 Å². The summed E-state index contributed by atoms with van der Waals surface area (Å²) >= 11 is 1.58. The molecule has 0 aromatic heterocycles. The first-order valence-electron chi connectivity index (χ1n) is 5.28. The van der Waals surface area contributed by atoms with Crippen LogP contribution >= 0.6 is 11.8 Å². The molecule has 1 aliphatic rings. The Morgan fingerprint density at radius 2 is 2.27 bits per heavy atom. The topological polar surface area (TPSA) is 32.3 Å². The van der Waals surface area contributed by atoms with Gasteiger partial charge in [-0.05, 0) is 50.3 Å². The van der Waals surface area contributed by atoms with Gasteiger partial charge in [-0.3, -0.25) is 0 Å². The van der Waals surface area contributed by atoms with Crippen molar-refractivity contribution in [3.05, 3.63) is 23.8 Å². The summed E-state index contributed by atoms with van der Waals surface area (Å²) in [7, 11) is 0. The van der Waals surface area contributed by atoms with Gasteiger partial charge in [0, 0.05) is 10.4 Å². The highest BCUT2D eigenvalue weighted by molar-refractivity contribution is 7.98. The lowest BCUT2D eigenvalue weighted by Crippen LogP contribution is -2.32. The molecule has 1 saturated heterocycles. The summed E-state index contributed by atoms with van der Waals surface area (Å²) in [5, 5.41) is 13.3. The molecule has 1 heterocycles. The van der Waals surface area contributed by atoms with E-state index in [0.29, 0.717) is 5.75 Å². The number of nitrogens with one attached hydrogen (secondary N) is 1. The Balaban J connectivity index is 2.33. The van der Waals surface area contributed by atoms with Crippen LogP contribution in [0.4, 0.5) is 0 Å². The molecule has 1 fully saturated rings. The van der Waals surface area contributed by atoms with Gasteiger partial charge in [0.25, 0.3) is 0 Å². The molecule has 2 N–H and O–H groups in total. The van der Waals surface area contributed by atoms with Crippen LogP contribution in [0.5, 0.6) is 5.75 Å². The highest BCUT2D eigenvalue weighted by Gasteiger charge is 2.30. The van der Waals surface area contributed by atoms with Gasteiger partial charge in [0.05, 0.1) is 0 Å². The van der Waals surface area contributed by atoms with Gasteiger partial charge in [0.15, 0.2) is 0 Å². The average Bonchev–Trinajstić information content (AvgIpc) is 2.66. The zero-order chi connectivity index (χ0) is 10.9. The maximum absolute atomic E-state index is 9.82. The molecule has 82 valence electrons. The summed E-state index contributed by atoms with van der Waals surface area (Å²) in [6.45, 7) is 3.27. The fraction of sp³-hybridized carbons (Fsp3) is 0.500. The number of hydrogen-bond acceptors (Lipinski definition) is 3. The van der Waals surface area contributed by atoms with E-state index in [1.54, 1.807) is 11.8 Å². The summed E-state index contributed by atoms with van der Waals surface area (Å²) in [6, 6.07) is 6.01. The van der Waals surface area contributed by atoms with E-state index in [1.807, 2.05) is 18.4 Å². The van der Waals surface area contributed by atoms with Gasteiger partial charge in [-0.2, -0.15) is 0 Å². The second-order valence-corrected chi connectivity index (χ2v) is 5.10. The van der Waals surface area contributed by atoms with Crippen molar-refractivity contribution >= 4 is 11.8 Å². The fourth-order valence-electron chi connectivity index (χ4n) is 2.17. The van der Waals surface area contributed by atoms with Crippen molar-refractivity contribution in [2.45, 2.75) is 30.2 Å². The highest BCUT2D eigenvalue weighted by Crippen LogP contribution is 2.35. The molecule has 0 saturated carbocycles. The van der Waals surface area contributed by atoms with Crippen LogP contribution in [0.2, 0.25) is 0 Å². The van der Waals surface area contributed by atoms with Crippen molar-refractivity contribution < 1.29 is 5.11 Å². The number of aromatic hydroxyl groups is 1. The molecule has 0 amide bonds. The van der Waals surface area contributed by atoms with Gasteiger partial charge < -0.3 is 10.4 Å². The van der Waals surface area contributed by atoms with E-state index in [-0.39, 0.29) is 5.54 Å². The predicted molar refractivity (Wildman–Crippen MR) is 64.5 cm³/mol. The molecule has 1 atom stereocenters. The van der Waals surface area contributed by atoms with E-state index in [2.05, 4.69) is 18.3 Å². The van der Waals surface area contributed by atoms with Crippen LogP contribution in [0.1, 0.15) is 25.3 Å². The minimum atomic E-state index is 0.0500. The van der Waals surface area contributed by atoms with E-state index < -0.39 is 0 Å². The minimum absolute atomic E-state index is 0.0500. The number of hydrogen-bond donors (Lipinski definition) is 2. The highest BCUT2D eigenvalue weighted by atomic mass is 32.2. The van der Waals surface area contributed by atoms with Crippen LogP contribution in [0.15, 0.2) is 23.1 Å². The Hall–Kier alpha value is -0.670. The SMILES string of the molecule is CSc1ccc(C2(C)CCCN2)cc1O. The first-order valence-corrected chi connectivity index (χ1v) is 6.51. The molecule has 2 nitrogen and oxygen atoms in total. The summed E-state index contributed by atoms with van der Waals surface area (Å²) in [4.78, 5) is 0.945. The smallest absolute Gasteiger partial charge is 0.129 e. The third-order valence-electron chi connectivity index (χ3n) is 3.18. The van der Waals surface area contributed by atoms with Crippen LogP contribution in [0, 0.1) is 0 Å². The quantitative estimate of drug-likeness (QED) is 0.756. The third kappa shape index (κ3) is 1.99. The maximum atomic E-state index is 9.82. The molecule has 2 rings (SSSR count). The summed E-state index contributed by atoms with van der Waals surface area (Å²) in [5.41, 5.74) is 1.24. The van der Waals surface area contributed by atoms with Crippen LogP contribution in [-0.2, 0) is 5.54 Å². The zero-order valence-corrected chi connectivity index (χ0v) is 10.0. The molecule has 1 unspecified atom stereocenters. The van der Waals surface area contributed by atoms with Crippen molar-refractivity contribution in [3.8, 4) is 5.75 Å². The lowest BCUT2D eigenvalue weighted by Gasteiger charge is -2.25. The molecule has 1 aliphatic heterocycles. The first kappa shape index (κ1) is 10.8. The van der Waals surface area contributed by atoms with Crippen molar-refractivity contribution in [1.82, 2.24) is 5.32 Å². The number of phenolic OH excluding ortho intramolecular Hbond substituents is 1. The molecule has 0 bridgehead atoms. The predicted octanol–water partition coefficient (Wildman–Crippen LogP) is 2.71. The van der Waals surface area contributed by atoms with Crippen molar-refractivity contribution in [3.63, 3.8) is 0 Å². The van der Waals surface area contributed by atoms with Gasteiger partial charge in [-0.25, -0.2) is 0 Å². The normalized spacial score (nSPS) is 25.7. The standard InChI is InChI=1S/C12H17NOS/c1-12(6-3-7-13-12)9-4-5-11(15-2)10(14)8-9/h4-5,8,13-14H,3,6-7H2,1-2H3.